The van der Waals surface area contributed by atoms with Gasteiger partial charge in [0, 0.05) is 19.1 Å². The molecule has 1 fully saturated rings. The fourth-order valence-corrected chi connectivity index (χ4v) is 2.56. The van der Waals surface area contributed by atoms with E-state index in [1.54, 1.807) is 0 Å². The van der Waals surface area contributed by atoms with Crippen molar-refractivity contribution in [2.75, 3.05) is 26.2 Å². The van der Waals surface area contributed by atoms with Gasteiger partial charge in [0.2, 0.25) is 0 Å². The molecule has 3 nitrogen and oxygen atoms in total. The Balaban J connectivity index is 1.80. The van der Waals surface area contributed by atoms with Crippen molar-refractivity contribution in [1.29, 1.82) is 0 Å². The van der Waals surface area contributed by atoms with E-state index >= 15 is 0 Å². The van der Waals surface area contributed by atoms with Gasteiger partial charge in [0.05, 0.1) is 6.54 Å². The summed E-state index contributed by atoms with van der Waals surface area (Å²) in [5, 5.41) is 11.4. The first-order valence-electron chi connectivity index (χ1n) is 7.07. The van der Waals surface area contributed by atoms with Crippen LogP contribution in [-0.2, 0) is 6.54 Å². The molecule has 1 aliphatic rings. The minimum absolute atomic E-state index is 0.0740. The van der Waals surface area contributed by atoms with E-state index in [1.165, 1.54) is 5.56 Å². The lowest BCUT2D eigenvalue weighted by Gasteiger charge is -2.34. The maximum absolute atomic E-state index is 13.0. The Morgan fingerprint density at radius 3 is 2.75 bits per heavy atom. The summed E-state index contributed by atoms with van der Waals surface area (Å²) in [6.45, 7) is 1.09. The van der Waals surface area contributed by atoms with Crippen molar-refractivity contribution in [3.8, 4) is 0 Å². The van der Waals surface area contributed by atoms with E-state index in [0.29, 0.717) is 0 Å². The lowest BCUT2D eigenvalue weighted by molar-refractivity contribution is -0.0507. The zero-order valence-electron chi connectivity index (χ0n) is 11.6. The smallest absolute Gasteiger partial charge is 0.282 e. The third kappa shape index (κ3) is 4.81. The van der Waals surface area contributed by atoms with Gasteiger partial charge in [-0.05, 0) is 24.9 Å². The van der Waals surface area contributed by atoms with Crippen molar-refractivity contribution < 1.29 is 13.9 Å². The summed E-state index contributed by atoms with van der Waals surface area (Å²) in [7, 11) is 0. The number of halogens is 2. The second kappa shape index (κ2) is 7.11. The Morgan fingerprint density at radius 1 is 1.30 bits per heavy atom. The molecule has 1 atom stereocenters. The molecular weight excluding hydrogens is 262 g/mol. The van der Waals surface area contributed by atoms with Crippen molar-refractivity contribution in [1.82, 2.24) is 10.2 Å². The third-order valence-electron chi connectivity index (χ3n) is 3.64. The quantitative estimate of drug-likeness (QED) is 0.837. The average molecular weight is 284 g/mol. The first-order chi connectivity index (χ1) is 9.59. The van der Waals surface area contributed by atoms with E-state index in [2.05, 4.69) is 22.3 Å². The SMILES string of the molecule is OCC(F)(F)CNC1CCCN(Cc2ccccc2)C1. The third-order valence-corrected chi connectivity index (χ3v) is 3.64. The summed E-state index contributed by atoms with van der Waals surface area (Å²) in [6, 6.07) is 10.2. The number of benzene rings is 1. The lowest BCUT2D eigenvalue weighted by atomic mass is 10.0. The van der Waals surface area contributed by atoms with E-state index in [-0.39, 0.29) is 6.04 Å². The van der Waals surface area contributed by atoms with Gasteiger partial charge in [-0.25, -0.2) is 8.78 Å². The molecule has 2 N–H and O–H groups in total. The van der Waals surface area contributed by atoms with Crippen LogP contribution in [0.25, 0.3) is 0 Å². The van der Waals surface area contributed by atoms with Crippen LogP contribution in [0.4, 0.5) is 8.78 Å². The number of aliphatic hydroxyl groups excluding tert-OH is 1. The summed E-state index contributed by atoms with van der Waals surface area (Å²) < 4.78 is 26.1. The molecule has 1 aliphatic heterocycles. The summed E-state index contributed by atoms with van der Waals surface area (Å²) in [5.74, 6) is -3.03. The van der Waals surface area contributed by atoms with Gasteiger partial charge in [0.1, 0.15) is 6.61 Å². The highest BCUT2D eigenvalue weighted by atomic mass is 19.3. The number of nitrogens with zero attached hydrogens (tertiary/aromatic N) is 1. The van der Waals surface area contributed by atoms with E-state index in [4.69, 9.17) is 5.11 Å². The molecular formula is C15H22F2N2O. The van der Waals surface area contributed by atoms with E-state index < -0.39 is 19.1 Å². The van der Waals surface area contributed by atoms with Gasteiger partial charge in [-0.2, -0.15) is 0 Å². The summed E-state index contributed by atoms with van der Waals surface area (Å²) >= 11 is 0. The number of alkyl halides is 2. The Kier molecular flexibility index (Phi) is 5.46. The molecule has 2 rings (SSSR count). The monoisotopic (exact) mass is 284 g/mol. The fourth-order valence-electron chi connectivity index (χ4n) is 2.56. The van der Waals surface area contributed by atoms with Crippen LogP contribution in [0.5, 0.6) is 0 Å². The van der Waals surface area contributed by atoms with Gasteiger partial charge >= 0.3 is 0 Å². The Bertz CT molecular complexity index is 400. The molecule has 112 valence electrons. The molecule has 0 amide bonds. The zero-order valence-corrected chi connectivity index (χ0v) is 11.6. The lowest BCUT2D eigenvalue weighted by Crippen LogP contribution is -2.49. The molecule has 5 heteroatoms. The minimum Gasteiger partial charge on any atom is -0.390 e. The maximum atomic E-state index is 13.0. The van der Waals surface area contributed by atoms with Gasteiger partial charge in [0.15, 0.2) is 0 Å². The summed E-state index contributed by atoms with van der Waals surface area (Å²) in [6.07, 6.45) is 1.92. The molecule has 1 unspecified atom stereocenters. The number of piperidine rings is 1. The molecule has 0 aliphatic carbocycles. The van der Waals surface area contributed by atoms with Crippen LogP contribution in [0.15, 0.2) is 30.3 Å². The van der Waals surface area contributed by atoms with Crippen molar-refractivity contribution in [3.63, 3.8) is 0 Å². The van der Waals surface area contributed by atoms with Crippen molar-refractivity contribution in [2.24, 2.45) is 0 Å². The number of hydrogen-bond donors (Lipinski definition) is 2. The predicted molar refractivity (Wildman–Crippen MR) is 74.8 cm³/mol. The number of likely N-dealkylation sites (tertiary alicyclic amines) is 1. The standard InChI is InChI=1S/C15H22F2N2O/c16-15(17,12-20)11-18-14-7-4-8-19(10-14)9-13-5-2-1-3-6-13/h1-3,5-6,14,18,20H,4,7-12H2. The molecule has 1 saturated heterocycles. The van der Waals surface area contributed by atoms with Gasteiger partial charge in [-0.1, -0.05) is 30.3 Å². The Morgan fingerprint density at radius 2 is 2.05 bits per heavy atom. The van der Waals surface area contributed by atoms with Gasteiger partial charge in [0.25, 0.3) is 5.92 Å². The van der Waals surface area contributed by atoms with E-state index in [1.807, 2.05) is 18.2 Å². The highest BCUT2D eigenvalue weighted by Crippen LogP contribution is 2.16. The molecule has 1 aromatic carbocycles. The van der Waals surface area contributed by atoms with Crippen LogP contribution in [0.3, 0.4) is 0 Å². The number of rotatable bonds is 6. The molecule has 20 heavy (non-hydrogen) atoms. The van der Waals surface area contributed by atoms with Crippen molar-refractivity contribution in [3.05, 3.63) is 35.9 Å². The second-order valence-electron chi connectivity index (χ2n) is 5.45. The second-order valence-corrected chi connectivity index (χ2v) is 5.45. The number of hydrogen-bond acceptors (Lipinski definition) is 3. The average Bonchev–Trinajstić information content (AvgIpc) is 2.47. The topological polar surface area (TPSA) is 35.5 Å². The Labute approximate surface area is 118 Å². The number of aliphatic hydroxyl groups is 1. The normalized spacial score (nSPS) is 21.1. The largest absolute Gasteiger partial charge is 0.390 e. The molecule has 0 radical (unpaired) electrons. The highest BCUT2D eigenvalue weighted by molar-refractivity contribution is 5.14. The fraction of sp³-hybridized carbons (Fsp3) is 0.600. The van der Waals surface area contributed by atoms with E-state index in [9.17, 15) is 8.78 Å². The molecule has 0 aromatic heterocycles. The molecule has 1 aromatic rings. The summed E-state index contributed by atoms with van der Waals surface area (Å²) in [5.41, 5.74) is 1.24. The van der Waals surface area contributed by atoms with Crippen LogP contribution < -0.4 is 5.32 Å². The van der Waals surface area contributed by atoms with Gasteiger partial charge in [-0.3, -0.25) is 4.90 Å². The zero-order chi connectivity index (χ0) is 14.4. The van der Waals surface area contributed by atoms with Crippen LogP contribution in [0.2, 0.25) is 0 Å². The van der Waals surface area contributed by atoms with Crippen LogP contribution in [-0.4, -0.2) is 48.2 Å². The molecule has 0 saturated carbocycles. The molecule has 0 spiro atoms. The maximum Gasteiger partial charge on any atom is 0.282 e. The molecule has 0 bridgehead atoms. The van der Waals surface area contributed by atoms with Crippen molar-refractivity contribution >= 4 is 0 Å². The van der Waals surface area contributed by atoms with Crippen LogP contribution >= 0.6 is 0 Å². The van der Waals surface area contributed by atoms with Crippen molar-refractivity contribution in [2.45, 2.75) is 31.4 Å². The van der Waals surface area contributed by atoms with Gasteiger partial charge in [-0.15, -0.1) is 0 Å². The highest BCUT2D eigenvalue weighted by Gasteiger charge is 2.29. The van der Waals surface area contributed by atoms with E-state index in [0.717, 1.165) is 32.5 Å². The predicted octanol–water partition coefficient (Wildman–Crippen LogP) is 1.87. The first kappa shape index (κ1) is 15.4. The van der Waals surface area contributed by atoms with Crippen LogP contribution in [0.1, 0.15) is 18.4 Å². The number of nitrogens with one attached hydrogen (secondary N) is 1. The minimum atomic E-state index is -3.03. The summed E-state index contributed by atoms with van der Waals surface area (Å²) in [4.78, 5) is 2.29. The Hall–Kier alpha value is -1.04. The van der Waals surface area contributed by atoms with Gasteiger partial charge < -0.3 is 10.4 Å². The first-order valence-corrected chi connectivity index (χ1v) is 7.07. The molecule has 1 heterocycles. The van der Waals surface area contributed by atoms with Crippen LogP contribution in [0, 0.1) is 0 Å².